The third-order valence-corrected chi connectivity index (χ3v) is 25.0. The van der Waals surface area contributed by atoms with E-state index in [-0.39, 0.29) is 283 Å². The molecule has 20 rings (SSSR count). The second kappa shape index (κ2) is 23.1. The standard InChI is InChI=1S/C70H80N10O12/c81-51(71-21-29-77-63(85)55-43-9-10-44(56(55)64(77)86)36-2-1-35(36)43)17-25-75(26-18-52(82)72-22-30-78-65(87)57-45-11-12-46(58(57)66(78)88)38-4-3-37(38)45)33-34-76(27-19-53(83)73-23-31-79-67(89)59-47-13-14-48(60(59)68(79)90)40-6-5-39(40)47)28-20-54(84)74-24-32-80-69(91)61-49-15-16-50(62(61)70(80)92)42-8-7-41(42)49/h1-16,35-50,55-62H,17-34H2,(H,71,81)(H,72,82)(H,73,83)(H,74,84)/t35-,36?,37+,38?,39-,40?,41+,42?,43?,44?,45?,46?,47?,48?,49?,50?,55?,56?,57?,58?,59?,60?,61?,62?. The molecular formula is C70H80N10O12. The number of amides is 12. The first kappa shape index (κ1) is 59.3. The van der Waals surface area contributed by atoms with Crippen molar-refractivity contribution in [1.29, 1.82) is 0 Å². The van der Waals surface area contributed by atoms with Gasteiger partial charge >= 0.3 is 0 Å². The number of imide groups is 4. The normalized spacial score (nSPS) is 40.0. The molecule has 4 heterocycles. The lowest BCUT2D eigenvalue weighted by Crippen LogP contribution is -2.50. The Morgan fingerprint density at radius 1 is 0.250 bits per heavy atom. The van der Waals surface area contributed by atoms with Gasteiger partial charge in [0, 0.05) is 117 Å². The van der Waals surface area contributed by atoms with E-state index in [1.54, 1.807) is 0 Å². The van der Waals surface area contributed by atoms with E-state index < -0.39 is 47.3 Å². The predicted molar refractivity (Wildman–Crippen MR) is 327 cm³/mol. The highest BCUT2D eigenvalue weighted by atomic mass is 16.2. The highest BCUT2D eigenvalue weighted by molar-refractivity contribution is 6.08. The van der Waals surface area contributed by atoms with Gasteiger partial charge < -0.3 is 31.1 Å². The van der Waals surface area contributed by atoms with E-state index in [0.29, 0.717) is 0 Å². The number of likely N-dealkylation sites (tertiary alicyclic amines) is 4. The Morgan fingerprint density at radius 2 is 0.402 bits per heavy atom. The van der Waals surface area contributed by atoms with Crippen LogP contribution in [0.1, 0.15) is 25.7 Å². The summed E-state index contributed by atoms with van der Waals surface area (Å²) >= 11 is 0. The van der Waals surface area contributed by atoms with Gasteiger partial charge in [-0.15, -0.1) is 0 Å². The summed E-state index contributed by atoms with van der Waals surface area (Å²) in [5.74, 6) is -3.86. The van der Waals surface area contributed by atoms with Crippen molar-refractivity contribution in [3.8, 4) is 0 Å². The summed E-state index contributed by atoms with van der Waals surface area (Å²) in [6, 6.07) is 0. The number of carbonyl (C=O) groups excluding carboxylic acids is 12. The fraction of sp³-hybridized carbons (Fsp3) is 0.600. The smallest absolute Gasteiger partial charge is 0.233 e. The van der Waals surface area contributed by atoms with Crippen LogP contribution < -0.4 is 21.3 Å². The van der Waals surface area contributed by atoms with Gasteiger partial charge in [0.1, 0.15) is 0 Å². The van der Waals surface area contributed by atoms with E-state index in [9.17, 15) is 57.5 Å². The van der Waals surface area contributed by atoms with Crippen LogP contribution in [0.4, 0.5) is 0 Å². The van der Waals surface area contributed by atoms with Gasteiger partial charge in [-0.2, -0.15) is 0 Å². The summed E-state index contributed by atoms with van der Waals surface area (Å²) in [5.41, 5.74) is 0. The zero-order valence-corrected chi connectivity index (χ0v) is 51.4. The fourth-order valence-corrected chi connectivity index (χ4v) is 20.3. The Balaban J connectivity index is 0.549. The van der Waals surface area contributed by atoms with Gasteiger partial charge in [0.15, 0.2) is 0 Å². The highest BCUT2D eigenvalue weighted by Gasteiger charge is 2.66. The van der Waals surface area contributed by atoms with Crippen molar-refractivity contribution >= 4 is 70.9 Å². The van der Waals surface area contributed by atoms with Crippen molar-refractivity contribution < 1.29 is 57.5 Å². The Labute approximate surface area is 533 Å². The topological polar surface area (TPSA) is 272 Å². The van der Waals surface area contributed by atoms with Gasteiger partial charge in [0.2, 0.25) is 70.9 Å². The minimum Gasteiger partial charge on any atom is -0.354 e. The number of hydrogen-bond acceptors (Lipinski definition) is 14. The molecule has 0 aromatic heterocycles. The van der Waals surface area contributed by atoms with Crippen LogP contribution in [0.25, 0.3) is 0 Å². The van der Waals surface area contributed by atoms with E-state index in [1.165, 1.54) is 19.6 Å². The lowest BCUT2D eigenvalue weighted by molar-refractivity contribution is -0.141. The molecule has 4 saturated carbocycles. The lowest BCUT2D eigenvalue weighted by Gasteiger charge is -2.51. The Hall–Kier alpha value is -7.72. The summed E-state index contributed by atoms with van der Waals surface area (Å²) in [4.78, 5) is 174. The molecule has 0 aromatic rings. The van der Waals surface area contributed by atoms with Crippen LogP contribution in [0.3, 0.4) is 0 Å². The zero-order valence-electron chi connectivity index (χ0n) is 51.4. The van der Waals surface area contributed by atoms with Crippen LogP contribution >= 0.6 is 0 Å². The molecule has 92 heavy (non-hydrogen) atoms. The molecule has 4 N–H and O–H groups in total. The Bertz CT molecular complexity index is 2910. The summed E-state index contributed by atoms with van der Waals surface area (Å²) < 4.78 is 0. The van der Waals surface area contributed by atoms with E-state index >= 15 is 0 Å². The number of nitrogens with one attached hydrogen (secondary N) is 4. The maximum atomic E-state index is 13.7. The average Bonchev–Trinajstić information content (AvgIpc) is 1.51. The summed E-state index contributed by atoms with van der Waals surface area (Å²) in [5, 5.41) is 11.6. The van der Waals surface area contributed by atoms with Crippen molar-refractivity contribution in [1.82, 2.24) is 50.7 Å². The first-order valence-corrected chi connectivity index (χ1v) is 34.0. The fourth-order valence-electron chi connectivity index (χ4n) is 20.3. The molecule has 24 atom stereocenters. The molecule has 482 valence electrons. The van der Waals surface area contributed by atoms with Crippen LogP contribution in [0.15, 0.2) is 97.2 Å². The minimum absolute atomic E-state index is 0.00292. The summed E-state index contributed by atoms with van der Waals surface area (Å²) in [6.45, 7) is 1.76. The number of hydrogen-bond donors (Lipinski definition) is 4. The monoisotopic (exact) mass is 1250 g/mol. The van der Waals surface area contributed by atoms with Crippen LogP contribution in [0, 0.1) is 142 Å². The highest BCUT2D eigenvalue weighted by Crippen LogP contribution is 2.62. The van der Waals surface area contributed by atoms with Gasteiger partial charge in [-0.3, -0.25) is 77.1 Å². The molecular weight excluding hydrogens is 1170 g/mol. The van der Waals surface area contributed by atoms with Crippen molar-refractivity contribution in [2.24, 2.45) is 142 Å². The quantitative estimate of drug-likeness (QED) is 0.0645. The zero-order chi connectivity index (χ0) is 63.1. The van der Waals surface area contributed by atoms with E-state index in [2.05, 4.69) is 118 Å². The maximum Gasteiger partial charge on any atom is 0.233 e. The van der Waals surface area contributed by atoms with Crippen molar-refractivity contribution in [3.05, 3.63) is 97.2 Å². The molecule has 4 saturated heterocycles. The molecule has 20 unspecified atom stereocenters. The second-order valence-electron chi connectivity index (χ2n) is 28.9. The third-order valence-electron chi connectivity index (χ3n) is 25.0. The molecule has 16 aliphatic carbocycles. The third kappa shape index (κ3) is 9.34. The SMILES string of the molecule is O=C(CCN(CCC(=O)NCCN1C(=O)C2C3C=CC(C2C1=O)[C@H]1C=CC31)CCN(CCC(=O)NCCN1C(=O)C2C3C=CC(C2C1=O)[C@@H]1C=CC31)CCC(=O)NCCN1C(=O)C2C3C=CC(C2C1=O)[C@H]1C=CC31)NCCN1C(=O)C2C3C=CC(C2C1=O)[C@@H]1C=CC31. The van der Waals surface area contributed by atoms with Crippen LogP contribution in [0.5, 0.6) is 0 Å². The minimum atomic E-state index is -0.391. The van der Waals surface area contributed by atoms with Crippen LogP contribution in [-0.4, -0.2) is 192 Å². The molecule has 8 fully saturated rings. The number of carbonyl (C=O) groups is 12. The number of rotatable bonds is 27. The van der Waals surface area contributed by atoms with E-state index in [1.807, 2.05) is 9.80 Å². The molecule has 22 heteroatoms. The van der Waals surface area contributed by atoms with Gasteiger partial charge in [-0.25, -0.2) is 0 Å². The van der Waals surface area contributed by atoms with Crippen molar-refractivity contribution in [2.45, 2.75) is 25.7 Å². The maximum absolute atomic E-state index is 13.7. The number of nitrogens with zero attached hydrogens (tertiary/aromatic N) is 6. The first-order chi connectivity index (χ1) is 44.6. The van der Waals surface area contributed by atoms with Gasteiger partial charge in [-0.05, 0) is 94.7 Å². The first-order valence-electron chi connectivity index (χ1n) is 34.0. The summed E-state index contributed by atoms with van der Waals surface area (Å²) in [6.07, 6.45) is 33.8. The van der Waals surface area contributed by atoms with E-state index in [4.69, 9.17) is 0 Å². The molecule has 0 radical (unpaired) electrons. The predicted octanol–water partition coefficient (Wildman–Crippen LogP) is 0.492. The second-order valence-corrected chi connectivity index (χ2v) is 28.9. The molecule has 22 nitrogen and oxygen atoms in total. The summed E-state index contributed by atoms with van der Waals surface area (Å²) in [7, 11) is 0. The van der Waals surface area contributed by atoms with Crippen LogP contribution in [0.2, 0.25) is 0 Å². The van der Waals surface area contributed by atoms with Crippen LogP contribution in [-0.2, 0) is 57.5 Å². The largest absolute Gasteiger partial charge is 0.354 e. The molecule has 0 aromatic carbocycles. The Morgan fingerprint density at radius 3 is 0.554 bits per heavy atom. The molecule has 8 bridgehead atoms. The van der Waals surface area contributed by atoms with Crippen molar-refractivity contribution in [2.75, 3.05) is 91.6 Å². The van der Waals surface area contributed by atoms with E-state index in [0.717, 1.165) is 0 Å². The van der Waals surface area contributed by atoms with Gasteiger partial charge in [0.25, 0.3) is 0 Å². The molecule has 12 amide bonds. The van der Waals surface area contributed by atoms with Gasteiger partial charge in [-0.1, -0.05) is 97.2 Å². The number of allylic oxidation sites excluding steroid dienone is 16. The Kier molecular flexibility index (Phi) is 14.9. The molecule has 20 aliphatic rings. The average molecular weight is 1250 g/mol. The van der Waals surface area contributed by atoms with Gasteiger partial charge in [0.05, 0.1) is 47.3 Å². The molecule has 0 spiro atoms. The van der Waals surface area contributed by atoms with Crippen molar-refractivity contribution in [3.63, 3.8) is 0 Å². The lowest BCUT2D eigenvalue weighted by atomic mass is 9.50. The molecule has 4 aliphatic heterocycles.